The Bertz CT molecular complexity index is 3320. The van der Waals surface area contributed by atoms with Crippen LogP contribution in [0.25, 0.3) is 105 Å². The number of pyridine rings is 1. The Kier molecular flexibility index (Phi) is 5.44. The van der Waals surface area contributed by atoms with Crippen molar-refractivity contribution in [3.63, 3.8) is 0 Å². The van der Waals surface area contributed by atoms with Crippen molar-refractivity contribution in [3.05, 3.63) is 170 Å². The van der Waals surface area contributed by atoms with E-state index in [1.54, 1.807) is 0 Å². The van der Waals surface area contributed by atoms with Crippen molar-refractivity contribution in [1.82, 2.24) is 18.7 Å². The van der Waals surface area contributed by atoms with Crippen LogP contribution in [0.15, 0.2) is 174 Å². The monoisotopic (exact) mass is 664 g/mol. The van der Waals surface area contributed by atoms with Gasteiger partial charge in [0.1, 0.15) is 11.4 Å². The second-order valence-electron chi connectivity index (χ2n) is 13.6. The summed E-state index contributed by atoms with van der Waals surface area (Å²) < 4.78 is 13.6. The quantitative estimate of drug-likeness (QED) is 0.189. The van der Waals surface area contributed by atoms with Gasteiger partial charge in [0.25, 0.3) is 0 Å². The molecule has 0 saturated heterocycles. The van der Waals surface area contributed by atoms with E-state index in [2.05, 4.69) is 184 Å². The summed E-state index contributed by atoms with van der Waals surface area (Å²) in [7, 11) is 0. The Labute approximate surface area is 296 Å². The van der Waals surface area contributed by atoms with E-state index in [0.29, 0.717) is 5.71 Å². The molecule has 0 bridgehead atoms. The minimum Gasteiger partial charge on any atom is -0.438 e. The summed E-state index contributed by atoms with van der Waals surface area (Å²) in [5.41, 5.74) is 10.6. The van der Waals surface area contributed by atoms with Crippen molar-refractivity contribution in [1.29, 1.82) is 0 Å². The average Bonchev–Trinajstić information content (AvgIpc) is 3.94. The van der Waals surface area contributed by atoms with Crippen LogP contribution in [0, 0.1) is 0 Å². The minimum atomic E-state index is 0.622. The van der Waals surface area contributed by atoms with E-state index >= 15 is 0 Å². The van der Waals surface area contributed by atoms with E-state index in [4.69, 9.17) is 9.40 Å². The zero-order valence-corrected chi connectivity index (χ0v) is 27.9. The number of aromatic nitrogens is 4. The highest BCUT2D eigenvalue weighted by molar-refractivity contribution is 6.15. The Morgan fingerprint density at radius 3 is 1.46 bits per heavy atom. The second-order valence-corrected chi connectivity index (χ2v) is 13.6. The molecule has 5 aromatic heterocycles. The number of benzene rings is 7. The number of hydrogen-bond acceptors (Lipinski definition) is 2. The Balaban J connectivity index is 1.09. The number of furan rings is 1. The highest BCUT2D eigenvalue weighted by atomic mass is 16.3. The molecule has 242 valence electrons. The van der Waals surface area contributed by atoms with Gasteiger partial charge in [-0.25, -0.2) is 0 Å². The molecule has 5 heteroatoms. The number of para-hydroxylation sites is 5. The summed E-state index contributed by atoms with van der Waals surface area (Å²) >= 11 is 0. The van der Waals surface area contributed by atoms with E-state index in [9.17, 15) is 0 Å². The lowest BCUT2D eigenvalue weighted by atomic mass is 10.1. The smallest absolute Gasteiger partial charge is 0.229 e. The van der Waals surface area contributed by atoms with Crippen LogP contribution in [0.2, 0.25) is 0 Å². The van der Waals surface area contributed by atoms with E-state index in [-0.39, 0.29) is 0 Å². The topological polar surface area (TPSA) is 40.8 Å². The molecule has 12 rings (SSSR count). The first-order valence-corrected chi connectivity index (χ1v) is 17.6. The van der Waals surface area contributed by atoms with Crippen molar-refractivity contribution in [2.75, 3.05) is 0 Å². The van der Waals surface area contributed by atoms with Crippen molar-refractivity contribution >= 4 is 87.5 Å². The summed E-state index contributed by atoms with van der Waals surface area (Å²) in [5, 5.41) is 9.38. The van der Waals surface area contributed by atoms with Gasteiger partial charge in [0.2, 0.25) is 5.71 Å². The van der Waals surface area contributed by atoms with Gasteiger partial charge in [-0.05, 0) is 72.8 Å². The fourth-order valence-electron chi connectivity index (χ4n) is 8.72. The molecular weight excluding hydrogens is 637 g/mol. The molecule has 0 unspecified atom stereocenters. The van der Waals surface area contributed by atoms with Crippen LogP contribution in [0.5, 0.6) is 0 Å². The van der Waals surface area contributed by atoms with Gasteiger partial charge in [-0.2, -0.15) is 4.98 Å². The van der Waals surface area contributed by atoms with Crippen LogP contribution in [0.4, 0.5) is 0 Å². The van der Waals surface area contributed by atoms with E-state index < -0.39 is 0 Å². The lowest BCUT2D eigenvalue weighted by Crippen LogP contribution is -1.97. The van der Waals surface area contributed by atoms with Gasteiger partial charge in [-0.1, -0.05) is 97.1 Å². The van der Waals surface area contributed by atoms with Crippen LogP contribution in [0.1, 0.15) is 0 Å². The molecular formula is C47H28N4O. The fraction of sp³-hybridized carbons (Fsp3) is 0. The first-order valence-electron chi connectivity index (χ1n) is 17.6. The molecule has 0 aliphatic heterocycles. The zero-order chi connectivity index (χ0) is 33.9. The predicted molar refractivity (Wildman–Crippen MR) is 215 cm³/mol. The first kappa shape index (κ1) is 27.7. The largest absolute Gasteiger partial charge is 0.438 e. The lowest BCUT2D eigenvalue weighted by molar-refractivity contribution is 0.653. The molecule has 0 aliphatic rings. The number of nitrogens with zero attached hydrogens (tertiary/aromatic N) is 4. The van der Waals surface area contributed by atoms with Gasteiger partial charge in [-0.15, -0.1) is 0 Å². The van der Waals surface area contributed by atoms with Crippen molar-refractivity contribution in [2.24, 2.45) is 0 Å². The van der Waals surface area contributed by atoms with Crippen LogP contribution >= 0.6 is 0 Å². The average molecular weight is 665 g/mol. The van der Waals surface area contributed by atoms with Gasteiger partial charge in [0.15, 0.2) is 0 Å². The molecule has 0 atom stereocenters. The van der Waals surface area contributed by atoms with Crippen molar-refractivity contribution in [2.45, 2.75) is 0 Å². The fourth-order valence-corrected chi connectivity index (χ4v) is 8.72. The first-order chi connectivity index (χ1) is 25.8. The van der Waals surface area contributed by atoms with Gasteiger partial charge in [0.05, 0.1) is 49.6 Å². The summed E-state index contributed by atoms with van der Waals surface area (Å²) in [4.78, 5) is 5.18. The van der Waals surface area contributed by atoms with Crippen molar-refractivity contribution < 1.29 is 4.42 Å². The highest BCUT2D eigenvalue weighted by Gasteiger charge is 2.21. The Morgan fingerprint density at radius 2 is 0.865 bits per heavy atom. The van der Waals surface area contributed by atoms with Gasteiger partial charge in [-0.3, -0.25) is 4.57 Å². The van der Waals surface area contributed by atoms with Crippen LogP contribution in [0.3, 0.4) is 0 Å². The molecule has 0 amide bonds. The third-order valence-electron chi connectivity index (χ3n) is 10.9. The van der Waals surface area contributed by atoms with Gasteiger partial charge >= 0.3 is 0 Å². The van der Waals surface area contributed by atoms with Crippen LogP contribution < -0.4 is 0 Å². The standard InChI is InChI=1S/C47H28N4O/c1-6-17-37-30(12-1)31-13-2-7-18-38(31)49(37)29-24-26-42-36(28-29)34-16-5-8-19-39(34)50(42)43-22-11-23-44-46(43)35-25-27-45(48-47(35)52-44)51-40-20-9-3-14-32(40)33-15-4-10-21-41(33)51/h1-28H. The third kappa shape index (κ3) is 3.64. The van der Waals surface area contributed by atoms with Gasteiger partial charge < -0.3 is 13.6 Å². The highest BCUT2D eigenvalue weighted by Crippen LogP contribution is 2.41. The summed E-state index contributed by atoms with van der Waals surface area (Å²) in [6.07, 6.45) is 0. The molecule has 5 heterocycles. The third-order valence-corrected chi connectivity index (χ3v) is 10.9. The summed E-state index contributed by atoms with van der Waals surface area (Å²) in [6, 6.07) is 60.6. The molecule has 0 spiro atoms. The molecule has 0 radical (unpaired) electrons. The lowest BCUT2D eigenvalue weighted by Gasteiger charge is -2.11. The van der Waals surface area contributed by atoms with E-state index in [1.807, 2.05) is 0 Å². The summed E-state index contributed by atoms with van der Waals surface area (Å²) in [6.45, 7) is 0. The Hall–Kier alpha value is -7.11. The Morgan fingerprint density at radius 1 is 0.365 bits per heavy atom. The number of fused-ring (bicyclic) bond motifs is 12. The molecule has 12 aromatic rings. The summed E-state index contributed by atoms with van der Waals surface area (Å²) in [5.74, 6) is 0.833. The van der Waals surface area contributed by atoms with Crippen molar-refractivity contribution in [3.8, 4) is 17.2 Å². The molecule has 0 aliphatic carbocycles. The second kappa shape index (κ2) is 10.2. The molecule has 0 fully saturated rings. The number of rotatable bonds is 3. The van der Waals surface area contributed by atoms with Gasteiger partial charge in [0, 0.05) is 38.0 Å². The molecule has 0 N–H and O–H groups in total. The van der Waals surface area contributed by atoms with Crippen LogP contribution in [-0.2, 0) is 0 Å². The predicted octanol–water partition coefficient (Wildman–Crippen LogP) is 12.3. The molecule has 52 heavy (non-hydrogen) atoms. The molecule has 0 saturated carbocycles. The maximum absolute atomic E-state index is 6.59. The molecule has 7 aromatic carbocycles. The number of hydrogen-bond donors (Lipinski definition) is 0. The minimum absolute atomic E-state index is 0.622. The normalized spacial score (nSPS) is 12.2. The zero-order valence-electron chi connectivity index (χ0n) is 27.9. The van der Waals surface area contributed by atoms with E-state index in [1.165, 1.54) is 43.4 Å². The SMILES string of the molecule is c1cc(-n2c3ccccc3c3cc(-n4c5ccccc5c5ccccc54)ccc32)c2c(c1)oc1nc(-n3c4ccccc4c4ccccc43)ccc12. The molecule has 5 nitrogen and oxygen atoms in total. The maximum atomic E-state index is 6.59. The van der Waals surface area contributed by atoms with Crippen LogP contribution in [-0.4, -0.2) is 18.7 Å². The van der Waals surface area contributed by atoms with E-state index in [0.717, 1.165) is 55.6 Å². The maximum Gasteiger partial charge on any atom is 0.229 e.